The number of ether oxygens (including phenoxy) is 2. The smallest absolute Gasteiger partial charge is 0.390 e. The lowest BCUT2D eigenvalue weighted by Crippen LogP contribution is -2.46. The Bertz CT molecular complexity index is 509. The SMILES string of the molecule is CCOc1cc([C@@H](CC(F)(F)F)N2CCNCC2)ccc1OC.Cl. The van der Waals surface area contributed by atoms with Crippen LogP contribution in [-0.4, -0.2) is 51.0 Å². The molecule has 1 aliphatic heterocycles. The lowest BCUT2D eigenvalue weighted by molar-refractivity contribution is -0.148. The molecule has 1 aromatic rings. The van der Waals surface area contributed by atoms with E-state index in [1.54, 1.807) is 18.2 Å². The van der Waals surface area contributed by atoms with Crippen LogP contribution in [0.25, 0.3) is 0 Å². The first-order chi connectivity index (χ1) is 10.9. The Morgan fingerprint density at radius 2 is 1.88 bits per heavy atom. The standard InChI is InChI=1S/C16H23F3N2O2.ClH/c1-3-23-15-10-12(4-5-14(15)22-2)13(11-16(17,18)19)21-8-6-20-7-9-21;/h4-5,10,13,20H,3,6-9,11H2,1-2H3;1H/t13-;/m1./s1. The van der Waals surface area contributed by atoms with Crippen molar-refractivity contribution in [2.24, 2.45) is 0 Å². The molecule has 1 atom stereocenters. The summed E-state index contributed by atoms with van der Waals surface area (Å²) in [6, 6.07) is 4.33. The molecule has 0 aliphatic carbocycles. The van der Waals surface area contributed by atoms with Gasteiger partial charge in [0.05, 0.1) is 20.1 Å². The lowest BCUT2D eigenvalue weighted by Gasteiger charge is -2.35. The van der Waals surface area contributed by atoms with Crippen LogP contribution in [0.4, 0.5) is 13.2 Å². The minimum Gasteiger partial charge on any atom is -0.493 e. The number of nitrogens with zero attached hydrogens (tertiary/aromatic N) is 1. The zero-order valence-corrected chi connectivity index (χ0v) is 14.7. The number of halogens is 4. The molecule has 1 fully saturated rings. The molecule has 0 amide bonds. The highest BCUT2D eigenvalue weighted by Crippen LogP contribution is 2.37. The third kappa shape index (κ3) is 5.72. The van der Waals surface area contributed by atoms with E-state index in [4.69, 9.17) is 9.47 Å². The first-order valence-electron chi connectivity index (χ1n) is 7.77. The zero-order valence-electron chi connectivity index (χ0n) is 13.9. The fourth-order valence-electron chi connectivity index (χ4n) is 2.84. The fourth-order valence-corrected chi connectivity index (χ4v) is 2.84. The van der Waals surface area contributed by atoms with Gasteiger partial charge in [0.15, 0.2) is 11.5 Å². The Labute approximate surface area is 146 Å². The van der Waals surface area contributed by atoms with Gasteiger partial charge in [-0.1, -0.05) is 6.07 Å². The van der Waals surface area contributed by atoms with Crippen molar-refractivity contribution in [1.29, 1.82) is 0 Å². The molecule has 0 spiro atoms. The number of hydrogen-bond acceptors (Lipinski definition) is 4. The first-order valence-corrected chi connectivity index (χ1v) is 7.77. The second-order valence-corrected chi connectivity index (χ2v) is 5.46. The molecule has 0 bridgehead atoms. The van der Waals surface area contributed by atoms with Crippen LogP contribution in [0.15, 0.2) is 18.2 Å². The predicted octanol–water partition coefficient (Wildman–Crippen LogP) is 3.41. The van der Waals surface area contributed by atoms with Crippen molar-refractivity contribution in [2.75, 3.05) is 39.9 Å². The minimum atomic E-state index is -4.22. The molecule has 4 nitrogen and oxygen atoms in total. The summed E-state index contributed by atoms with van der Waals surface area (Å²) in [6.07, 6.45) is -5.09. The third-order valence-corrected chi connectivity index (χ3v) is 3.89. The van der Waals surface area contributed by atoms with Crippen molar-refractivity contribution in [1.82, 2.24) is 10.2 Å². The zero-order chi connectivity index (χ0) is 16.9. The number of benzene rings is 1. The molecular formula is C16H24ClF3N2O2. The summed E-state index contributed by atoms with van der Waals surface area (Å²) >= 11 is 0. The maximum absolute atomic E-state index is 13.0. The van der Waals surface area contributed by atoms with Gasteiger partial charge in [-0.2, -0.15) is 13.2 Å². The molecular weight excluding hydrogens is 345 g/mol. The van der Waals surface area contributed by atoms with Gasteiger partial charge in [0.25, 0.3) is 0 Å². The second-order valence-electron chi connectivity index (χ2n) is 5.46. The summed E-state index contributed by atoms with van der Waals surface area (Å²) in [5.41, 5.74) is 0.605. The minimum absolute atomic E-state index is 0. The van der Waals surface area contributed by atoms with E-state index in [1.165, 1.54) is 7.11 Å². The molecule has 1 aliphatic rings. The molecule has 8 heteroatoms. The molecule has 1 aromatic carbocycles. The summed E-state index contributed by atoms with van der Waals surface area (Å²) in [5.74, 6) is 1.01. The summed E-state index contributed by atoms with van der Waals surface area (Å²) < 4.78 is 49.8. The average molecular weight is 369 g/mol. The Morgan fingerprint density at radius 3 is 2.42 bits per heavy atom. The molecule has 0 aromatic heterocycles. The molecule has 1 N–H and O–H groups in total. The van der Waals surface area contributed by atoms with E-state index in [1.807, 2.05) is 11.8 Å². The predicted molar refractivity (Wildman–Crippen MR) is 89.3 cm³/mol. The van der Waals surface area contributed by atoms with Crippen LogP contribution in [0.1, 0.15) is 24.9 Å². The van der Waals surface area contributed by atoms with E-state index in [-0.39, 0.29) is 12.4 Å². The summed E-state index contributed by atoms with van der Waals surface area (Å²) in [7, 11) is 1.51. The Kier molecular flexibility index (Phi) is 8.12. The van der Waals surface area contributed by atoms with Crippen LogP contribution in [0, 0.1) is 0 Å². The van der Waals surface area contributed by atoms with Crippen LogP contribution in [0.2, 0.25) is 0 Å². The molecule has 1 heterocycles. The Balaban J connectivity index is 0.00000288. The summed E-state index contributed by atoms with van der Waals surface area (Å²) in [6.45, 7) is 4.84. The van der Waals surface area contributed by atoms with E-state index in [0.29, 0.717) is 49.8 Å². The first kappa shape index (κ1) is 20.9. The molecule has 138 valence electrons. The Hall–Kier alpha value is -1.18. The van der Waals surface area contributed by atoms with Crippen molar-refractivity contribution >= 4 is 12.4 Å². The number of rotatable bonds is 6. The molecule has 0 radical (unpaired) electrons. The highest BCUT2D eigenvalue weighted by Gasteiger charge is 2.36. The van der Waals surface area contributed by atoms with Crippen LogP contribution in [0.5, 0.6) is 11.5 Å². The van der Waals surface area contributed by atoms with Gasteiger partial charge in [0.1, 0.15) is 0 Å². The van der Waals surface area contributed by atoms with E-state index in [0.717, 1.165) is 0 Å². The van der Waals surface area contributed by atoms with Gasteiger partial charge in [-0.15, -0.1) is 12.4 Å². The van der Waals surface area contributed by atoms with E-state index >= 15 is 0 Å². The number of methoxy groups -OCH3 is 1. The number of hydrogen-bond donors (Lipinski definition) is 1. The number of nitrogens with one attached hydrogen (secondary N) is 1. The van der Waals surface area contributed by atoms with Gasteiger partial charge < -0.3 is 14.8 Å². The highest BCUT2D eigenvalue weighted by molar-refractivity contribution is 5.85. The monoisotopic (exact) mass is 368 g/mol. The molecule has 2 rings (SSSR count). The van der Waals surface area contributed by atoms with Crippen molar-refractivity contribution in [3.05, 3.63) is 23.8 Å². The van der Waals surface area contributed by atoms with Gasteiger partial charge in [-0.3, -0.25) is 4.90 Å². The largest absolute Gasteiger partial charge is 0.493 e. The van der Waals surface area contributed by atoms with Crippen molar-refractivity contribution in [3.8, 4) is 11.5 Å². The maximum Gasteiger partial charge on any atom is 0.390 e. The van der Waals surface area contributed by atoms with Gasteiger partial charge in [-0.05, 0) is 24.6 Å². The van der Waals surface area contributed by atoms with E-state index in [9.17, 15) is 13.2 Å². The van der Waals surface area contributed by atoms with Crippen LogP contribution in [0.3, 0.4) is 0 Å². The van der Waals surface area contributed by atoms with Gasteiger partial charge >= 0.3 is 6.18 Å². The Morgan fingerprint density at radius 1 is 1.21 bits per heavy atom. The van der Waals surface area contributed by atoms with Crippen LogP contribution in [-0.2, 0) is 0 Å². The average Bonchev–Trinajstić information content (AvgIpc) is 2.53. The molecule has 0 saturated carbocycles. The summed E-state index contributed by atoms with van der Waals surface area (Å²) in [5, 5.41) is 3.17. The highest BCUT2D eigenvalue weighted by atomic mass is 35.5. The fraction of sp³-hybridized carbons (Fsp3) is 0.625. The summed E-state index contributed by atoms with van der Waals surface area (Å²) in [4.78, 5) is 1.88. The normalized spacial score (nSPS) is 17.0. The van der Waals surface area contributed by atoms with Gasteiger partial charge in [0.2, 0.25) is 0 Å². The van der Waals surface area contributed by atoms with E-state index in [2.05, 4.69) is 5.32 Å². The topological polar surface area (TPSA) is 33.7 Å². The number of piperazine rings is 1. The van der Waals surface area contributed by atoms with Crippen LogP contribution < -0.4 is 14.8 Å². The van der Waals surface area contributed by atoms with Gasteiger partial charge in [-0.25, -0.2) is 0 Å². The molecule has 1 saturated heterocycles. The van der Waals surface area contributed by atoms with Crippen molar-refractivity contribution < 1.29 is 22.6 Å². The third-order valence-electron chi connectivity index (χ3n) is 3.89. The van der Waals surface area contributed by atoms with Crippen LogP contribution >= 0.6 is 12.4 Å². The second kappa shape index (κ2) is 9.34. The van der Waals surface area contributed by atoms with Gasteiger partial charge in [0, 0.05) is 32.2 Å². The van der Waals surface area contributed by atoms with Crippen molar-refractivity contribution in [2.45, 2.75) is 25.6 Å². The molecule has 24 heavy (non-hydrogen) atoms. The number of alkyl halides is 3. The van der Waals surface area contributed by atoms with Crippen molar-refractivity contribution in [3.63, 3.8) is 0 Å². The lowest BCUT2D eigenvalue weighted by atomic mass is 10.00. The quantitative estimate of drug-likeness (QED) is 0.834. The van der Waals surface area contributed by atoms with E-state index < -0.39 is 18.6 Å². The molecule has 0 unspecified atom stereocenters. The maximum atomic E-state index is 13.0.